The summed E-state index contributed by atoms with van der Waals surface area (Å²) < 4.78 is 19.0. The maximum absolute atomic E-state index is 13.0. The number of ether oxygens (including phenoxy) is 1. The van der Waals surface area contributed by atoms with E-state index in [1.54, 1.807) is 0 Å². The lowest BCUT2D eigenvalue weighted by atomic mass is 10.2. The zero-order valence-electron chi connectivity index (χ0n) is 11.5. The minimum atomic E-state index is -0.347. The molecule has 0 aliphatic rings. The predicted octanol–water partition coefficient (Wildman–Crippen LogP) is 3.76. The smallest absolute Gasteiger partial charge is 0.252 e. The molecular formula is C16H15FINO2. The van der Waals surface area contributed by atoms with Gasteiger partial charge in [0.1, 0.15) is 11.6 Å². The molecule has 1 N–H and O–H groups in total. The molecule has 0 aliphatic heterocycles. The first-order chi connectivity index (χ1) is 10.1. The summed E-state index contributed by atoms with van der Waals surface area (Å²) in [6.07, 6.45) is 0. The van der Waals surface area contributed by atoms with Crippen LogP contribution in [-0.4, -0.2) is 12.5 Å². The van der Waals surface area contributed by atoms with Crippen LogP contribution in [0.4, 0.5) is 4.39 Å². The Kier molecular flexibility index (Phi) is 5.55. The average molecular weight is 399 g/mol. The molecule has 0 heterocycles. The molecular weight excluding hydrogens is 384 g/mol. The van der Waals surface area contributed by atoms with Crippen molar-refractivity contribution in [2.45, 2.75) is 13.5 Å². The molecule has 0 fully saturated rings. The van der Waals surface area contributed by atoms with Gasteiger partial charge in [-0.25, -0.2) is 4.39 Å². The van der Waals surface area contributed by atoms with Gasteiger partial charge in [0, 0.05) is 10.1 Å². The summed E-state index contributed by atoms with van der Waals surface area (Å²) in [6.45, 7) is 2.92. The summed E-state index contributed by atoms with van der Waals surface area (Å²) >= 11 is 1.95. The number of amides is 1. The monoisotopic (exact) mass is 399 g/mol. The number of hydrogen-bond donors (Lipinski definition) is 1. The van der Waals surface area contributed by atoms with Crippen molar-refractivity contribution in [1.82, 2.24) is 5.32 Å². The van der Waals surface area contributed by atoms with E-state index in [9.17, 15) is 9.18 Å². The number of carbonyl (C=O) groups is 1. The molecule has 0 atom stereocenters. The van der Waals surface area contributed by atoms with Crippen molar-refractivity contribution in [2.24, 2.45) is 0 Å². The number of nitrogens with one attached hydrogen (secondary N) is 1. The highest BCUT2D eigenvalue weighted by atomic mass is 127. The van der Waals surface area contributed by atoms with Crippen molar-refractivity contribution in [3.05, 3.63) is 63.0 Å². The molecule has 21 heavy (non-hydrogen) atoms. The molecule has 1 amide bonds. The molecule has 110 valence electrons. The van der Waals surface area contributed by atoms with E-state index in [-0.39, 0.29) is 11.7 Å². The summed E-state index contributed by atoms with van der Waals surface area (Å²) in [4.78, 5) is 12.1. The first-order valence-corrected chi connectivity index (χ1v) is 7.63. The number of hydrogen-bond acceptors (Lipinski definition) is 2. The molecule has 0 bridgehead atoms. The Morgan fingerprint density at radius 1 is 1.29 bits per heavy atom. The molecule has 0 unspecified atom stereocenters. The molecule has 0 aliphatic carbocycles. The Hall–Kier alpha value is -1.63. The summed E-state index contributed by atoms with van der Waals surface area (Å²) in [5, 5.41) is 2.82. The first kappa shape index (κ1) is 15.8. The zero-order valence-corrected chi connectivity index (χ0v) is 13.7. The minimum Gasteiger partial charge on any atom is -0.494 e. The topological polar surface area (TPSA) is 38.3 Å². The van der Waals surface area contributed by atoms with Crippen molar-refractivity contribution in [2.75, 3.05) is 6.61 Å². The number of halogens is 2. The van der Waals surface area contributed by atoms with Crippen molar-refractivity contribution < 1.29 is 13.9 Å². The van der Waals surface area contributed by atoms with Crippen molar-refractivity contribution in [3.8, 4) is 5.75 Å². The summed E-state index contributed by atoms with van der Waals surface area (Å²) in [5.41, 5.74) is 1.42. The van der Waals surface area contributed by atoms with E-state index in [0.717, 1.165) is 11.3 Å². The lowest BCUT2D eigenvalue weighted by Gasteiger charge is -2.09. The van der Waals surface area contributed by atoms with Crippen LogP contribution in [0.2, 0.25) is 0 Å². The van der Waals surface area contributed by atoms with Crippen LogP contribution < -0.4 is 10.1 Å². The lowest BCUT2D eigenvalue weighted by Crippen LogP contribution is -2.23. The third-order valence-corrected chi connectivity index (χ3v) is 3.73. The van der Waals surface area contributed by atoms with Gasteiger partial charge in [0.2, 0.25) is 0 Å². The highest BCUT2D eigenvalue weighted by molar-refractivity contribution is 14.1. The quantitative estimate of drug-likeness (QED) is 0.778. The molecule has 0 radical (unpaired) electrons. The van der Waals surface area contributed by atoms with E-state index in [4.69, 9.17) is 4.74 Å². The van der Waals surface area contributed by atoms with E-state index in [0.29, 0.717) is 22.3 Å². The van der Waals surface area contributed by atoms with Crippen LogP contribution in [0, 0.1) is 9.39 Å². The third kappa shape index (κ3) is 4.42. The Morgan fingerprint density at radius 3 is 2.81 bits per heavy atom. The van der Waals surface area contributed by atoms with Gasteiger partial charge in [-0.15, -0.1) is 0 Å². The Morgan fingerprint density at radius 2 is 2.10 bits per heavy atom. The fourth-order valence-corrected chi connectivity index (χ4v) is 2.59. The zero-order chi connectivity index (χ0) is 15.2. The van der Waals surface area contributed by atoms with Crippen LogP contribution in [0.15, 0.2) is 42.5 Å². The molecule has 3 nitrogen and oxygen atoms in total. The van der Waals surface area contributed by atoms with Crippen LogP contribution >= 0.6 is 22.6 Å². The third-order valence-electron chi connectivity index (χ3n) is 2.84. The van der Waals surface area contributed by atoms with Crippen LogP contribution in [0.5, 0.6) is 5.75 Å². The SMILES string of the molecule is CCOc1cccc(CNC(=O)c2ccc(F)cc2I)c1. The highest BCUT2D eigenvalue weighted by Gasteiger charge is 2.10. The van der Waals surface area contributed by atoms with Gasteiger partial charge >= 0.3 is 0 Å². The normalized spacial score (nSPS) is 10.2. The lowest BCUT2D eigenvalue weighted by molar-refractivity contribution is 0.0950. The standard InChI is InChI=1S/C16H15FINO2/c1-2-21-13-5-3-4-11(8-13)10-19-16(20)14-7-6-12(17)9-15(14)18/h3-9H,2,10H2,1H3,(H,19,20). The van der Waals surface area contributed by atoms with E-state index in [2.05, 4.69) is 5.32 Å². The molecule has 2 aromatic carbocycles. The molecule has 5 heteroatoms. The van der Waals surface area contributed by atoms with Gasteiger partial charge < -0.3 is 10.1 Å². The number of benzene rings is 2. The van der Waals surface area contributed by atoms with E-state index in [1.165, 1.54) is 18.2 Å². The van der Waals surface area contributed by atoms with E-state index in [1.807, 2.05) is 53.8 Å². The van der Waals surface area contributed by atoms with Crippen LogP contribution in [0.3, 0.4) is 0 Å². The van der Waals surface area contributed by atoms with Crippen molar-refractivity contribution >= 4 is 28.5 Å². The van der Waals surface area contributed by atoms with Gasteiger partial charge in [-0.05, 0) is 65.4 Å². The van der Waals surface area contributed by atoms with Gasteiger partial charge in [-0.2, -0.15) is 0 Å². The second-order valence-electron chi connectivity index (χ2n) is 4.39. The average Bonchev–Trinajstić information content (AvgIpc) is 2.45. The fourth-order valence-electron chi connectivity index (χ4n) is 1.86. The second-order valence-corrected chi connectivity index (χ2v) is 5.55. The Labute approximate surface area is 136 Å². The Balaban J connectivity index is 2.02. The molecule has 2 rings (SSSR count). The summed E-state index contributed by atoms with van der Waals surface area (Å²) in [5.74, 6) is 0.210. The van der Waals surface area contributed by atoms with Crippen LogP contribution in [0.1, 0.15) is 22.8 Å². The highest BCUT2D eigenvalue weighted by Crippen LogP contribution is 2.15. The van der Waals surface area contributed by atoms with Gasteiger partial charge in [-0.3, -0.25) is 4.79 Å². The number of carbonyl (C=O) groups excluding carboxylic acids is 1. The summed E-state index contributed by atoms with van der Waals surface area (Å²) in [6, 6.07) is 11.7. The first-order valence-electron chi connectivity index (χ1n) is 6.55. The molecule has 0 aromatic heterocycles. The van der Waals surface area contributed by atoms with Crippen LogP contribution in [0.25, 0.3) is 0 Å². The minimum absolute atomic E-state index is 0.221. The maximum Gasteiger partial charge on any atom is 0.252 e. The predicted molar refractivity (Wildman–Crippen MR) is 87.9 cm³/mol. The van der Waals surface area contributed by atoms with Crippen molar-refractivity contribution in [1.29, 1.82) is 0 Å². The van der Waals surface area contributed by atoms with Gasteiger partial charge in [0.25, 0.3) is 5.91 Å². The van der Waals surface area contributed by atoms with E-state index < -0.39 is 0 Å². The van der Waals surface area contributed by atoms with Gasteiger partial charge in [-0.1, -0.05) is 12.1 Å². The number of rotatable bonds is 5. The van der Waals surface area contributed by atoms with Gasteiger partial charge in [0.15, 0.2) is 0 Å². The molecule has 0 saturated heterocycles. The van der Waals surface area contributed by atoms with E-state index >= 15 is 0 Å². The van der Waals surface area contributed by atoms with Crippen molar-refractivity contribution in [3.63, 3.8) is 0 Å². The fraction of sp³-hybridized carbons (Fsp3) is 0.188. The largest absolute Gasteiger partial charge is 0.494 e. The molecule has 2 aromatic rings. The maximum atomic E-state index is 13.0. The molecule has 0 saturated carbocycles. The van der Waals surface area contributed by atoms with Crippen LogP contribution in [-0.2, 0) is 6.54 Å². The summed E-state index contributed by atoms with van der Waals surface area (Å²) in [7, 11) is 0. The van der Waals surface area contributed by atoms with Gasteiger partial charge in [0.05, 0.1) is 12.2 Å². The molecule has 0 spiro atoms. The second kappa shape index (κ2) is 7.40. The Bertz CT molecular complexity index is 646.